The molecule has 0 spiro atoms. The van der Waals surface area contributed by atoms with Crippen molar-refractivity contribution in [3.8, 4) is 0 Å². The summed E-state index contributed by atoms with van der Waals surface area (Å²) in [4.78, 5) is 42.8. The standard InChI is InChI=1S/C17H29N3O6/c1-12(20(13(2)21)26-15-3-7-18-8-4-15)17(24)19-9-5-14(6-10-19)25-11-16(22)23/h12,14-15,18H,3-11H2,1-2H3,(H,22,23). The van der Waals surface area contributed by atoms with Gasteiger partial charge in [-0.15, -0.1) is 0 Å². The first-order chi connectivity index (χ1) is 12.4. The predicted octanol–water partition coefficient (Wildman–Crippen LogP) is -0.000800. The van der Waals surface area contributed by atoms with E-state index in [9.17, 15) is 14.4 Å². The van der Waals surface area contributed by atoms with E-state index in [2.05, 4.69) is 5.32 Å². The van der Waals surface area contributed by atoms with Crippen molar-refractivity contribution in [2.24, 2.45) is 0 Å². The highest BCUT2D eigenvalue weighted by molar-refractivity contribution is 5.86. The smallest absolute Gasteiger partial charge is 0.329 e. The Labute approximate surface area is 153 Å². The van der Waals surface area contributed by atoms with E-state index in [4.69, 9.17) is 14.7 Å². The van der Waals surface area contributed by atoms with Crippen molar-refractivity contribution < 1.29 is 29.1 Å². The van der Waals surface area contributed by atoms with E-state index in [0.29, 0.717) is 25.9 Å². The number of ether oxygens (including phenoxy) is 1. The van der Waals surface area contributed by atoms with Crippen molar-refractivity contribution in [1.29, 1.82) is 0 Å². The molecule has 2 aliphatic heterocycles. The van der Waals surface area contributed by atoms with Crippen LogP contribution in [-0.4, -0.2) is 83.9 Å². The lowest BCUT2D eigenvalue weighted by Gasteiger charge is -2.37. The number of nitrogens with zero attached hydrogens (tertiary/aromatic N) is 2. The van der Waals surface area contributed by atoms with Gasteiger partial charge in [-0.1, -0.05) is 0 Å². The third-order valence-corrected chi connectivity index (χ3v) is 4.76. The summed E-state index contributed by atoms with van der Waals surface area (Å²) >= 11 is 0. The molecule has 2 N–H and O–H groups in total. The second kappa shape index (κ2) is 9.84. The van der Waals surface area contributed by atoms with Gasteiger partial charge >= 0.3 is 5.97 Å². The van der Waals surface area contributed by atoms with E-state index < -0.39 is 12.0 Å². The zero-order valence-electron chi connectivity index (χ0n) is 15.5. The Balaban J connectivity index is 1.86. The second-order valence-electron chi connectivity index (χ2n) is 6.80. The lowest BCUT2D eigenvalue weighted by molar-refractivity contribution is -0.223. The van der Waals surface area contributed by atoms with Gasteiger partial charge in [0.05, 0.1) is 12.2 Å². The fraction of sp³-hybridized carbons (Fsp3) is 0.824. The molecule has 0 radical (unpaired) electrons. The minimum atomic E-state index is -0.996. The summed E-state index contributed by atoms with van der Waals surface area (Å²) in [6.07, 6.45) is 2.56. The molecular formula is C17H29N3O6. The highest BCUT2D eigenvalue weighted by atomic mass is 16.7. The van der Waals surface area contributed by atoms with Crippen molar-refractivity contribution in [3.05, 3.63) is 0 Å². The maximum atomic E-state index is 12.8. The third kappa shape index (κ3) is 5.93. The molecule has 9 nitrogen and oxygen atoms in total. The van der Waals surface area contributed by atoms with Gasteiger partial charge in [0.1, 0.15) is 12.6 Å². The quantitative estimate of drug-likeness (QED) is 0.606. The first kappa shape index (κ1) is 20.6. The number of hydrogen-bond donors (Lipinski definition) is 2. The molecule has 1 unspecified atom stereocenters. The Morgan fingerprint density at radius 2 is 1.77 bits per heavy atom. The van der Waals surface area contributed by atoms with Gasteiger partial charge in [-0.3, -0.25) is 14.4 Å². The number of nitrogens with one attached hydrogen (secondary N) is 1. The van der Waals surface area contributed by atoms with Crippen LogP contribution >= 0.6 is 0 Å². The number of carboxylic acid groups (broad SMARTS) is 1. The van der Waals surface area contributed by atoms with E-state index in [-0.39, 0.29) is 30.6 Å². The zero-order chi connectivity index (χ0) is 19.1. The molecule has 2 fully saturated rings. The predicted molar refractivity (Wildman–Crippen MR) is 92.1 cm³/mol. The molecule has 0 aliphatic carbocycles. The van der Waals surface area contributed by atoms with Crippen LogP contribution in [0.15, 0.2) is 0 Å². The average molecular weight is 371 g/mol. The van der Waals surface area contributed by atoms with Crippen LogP contribution in [0.5, 0.6) is 0 Å². The first-order valence-corrected chi connectivity index (χ1v) is 9.18. The SMILES string of the molecule is CC(=O)N(OC1CCNCC1)C(C)C(=O)N1CCC(OCC(=O)O)CC1. The molecule has 2 saturated heterocycles. The molecule has 26 heavy (non-hydrogen) atoms. The van der Waals surface area contributed by atoms with Crippen LogP contribution in [0.3, 0.4) is 0 Å². The highest BCUT2D eigenvalue weighted by Crippen LogP contribution is 2.18. The monoisotopic (exact) mass is 371 g/mol. The van der Waals surface area contributed by atoms with Crippen LogP contribution in [0.1, 0.15) is 39.5 Å². The van der Waals surface area contributed by atoms with Crippen molar-refractivity contribution in [1.82, 2.24) is 15.3 Å². The molecule has 0 aromatic carbocycles. The van der Waals surface area contributed by atoms with Crippen LogP contribution in [0, 0.1) is 0 Å². The van der Waals surface area contributed by atoms with Gasteiger partial charge in [-0.25, -0.2) is 9.86 Å². The minimum Gasteiger partial charge on any atom is -0.480 e. The lowest BCUT2D eigenvalue weighted by atomic mass is 10.1. The van der Waals surface area contributed by atoms with Gasteiger partial charge in [0.25, 0.3) is 0 Å². The summed E-state index contributed by atoms with van der Waals surface area (Å²) in [5, 5.41) is 13.1. The van der Waals surface area contributed by atoms with Gasteiger partial charge in [0, 0.05) is 20.0 Å². The summed E-state index contributed by atoms with van der Waals surface area (Å²) in [6, 6.07) is -0.695. The molecule has 2 aliphatic rings. The number of carboxylic acids is 1. The Morgan fingerprint density at radius 1 is 1.15 bits per heavy atom. The molecule has 0 bridgehead atoms. The van der Waals surface area contributed by atoms with Crippen LogP contribution in [0.25, 0.3) is 0 Å². The van der Waals surface area contributed by atoms with E-state index in [0.717, 1.165) is 25.9 Å². The third-order valence-electron chi connectivity index (χ3n) is 4.76. The molecule has 0 aromatic heterocycles. The molecule has 148 valence electrons. The summed E-state index contributed by atoms with van der Waals surface area (Å²) in [7, 11) is 0. The number of carbonyl (C=O) groups is 3. The number of aliphatic carboxylic acids is 1. The van der Waals surface area contributed by atoms with Gasteiger partial charge in [-0.05, 0) is 45.7 Å². The molecule has 9 heteroatoms. The Kier molecular flexibility index (Phi) is 7.80. The first-order valence-electron chi connectivity index (χ1n) is 9.18. The van der Waals surface area contributed by atoms with Crippen LogP contribution in [0.4, 0.5) is 0 Å². The Hall–Kier alpha value is -1.71. The van der Waals surface area contributed by atoms with E-state index in [1.165, 1.54) is 12.0 Å². The zero-order valence-corrected chi connectivity index (χ0v) is 15.5. The largest absolute Gasteiger partial charge is 0.480 e. The van der Waals surface area contributed by atoms with Crippen LogP contribution in [0.2, 0.25) is 0 Å². The maximum absolute atomic E-state index is 12.8. The van der Waals surface area contributed by atoms with Gasteiger partial charge in [0.15, 0.2) is 0 Å². The number of hydroxylamine groups is 2. The molecule has 0 saturated carbocycles. The van der Waals surface area contributed by atoms with Crippen LogP contribution in [-0.2, 0) is 24.0 Å². The fourth-order valence-electron chi connectivity index (χ4n) is 3.30. The Bertz CT molecular complexity index is 501. The second-order valence-corrected chi connectivity index (χ2v) is 6.80. The summed E-state index contributed by atoms with van der Waals surface area (Å²) in [6.45, 7) is 5.39. The van der Waals surface area contributed by atoms with Crippen molar-refractivity contribution >= 4 is 17.8 Å². The van der Waals surface area contributed by atoms with Gasteiger partial charge in [-0.2, -0.15) is 0 Å². The van der Waals surface area contributed by atoms with Crippen molar-refractivity contribution in [2.75, 3.05) is 32.8 Å². The number of carbonyl (C=O) groups excluding carboxylic acids is 2. The molecular weight excluding hydrogens is 342 g/mol. The number of amides is 2. The van der Waals surface area contributed by atoms with E-state index >= 15 is 0 Å². The molecule has 0 aromatic rings. The number of likely N-dealkylation sites (tertiary alicyclic amines) is 1. The lowest BCUT2D eigenvalue weighted by Crippen LogP contribution is -2.53. The molecule has 2 amide bonds. The van der Waals surface area contributed by atoms with Crippen LogP contribution < -0.4 is 5.32 Å². The summed E-state index contributed by atoms with van der Waals surface area (Å²) in [5.41, 5.74) is 0. The molecule has 2 rings (SSSR count). The fourth-order valence-corrected chi connectivity index (χ4v) is 3.30. The number of piperidine rings is 2. The summed E-state index contributed by atoms with van der Waals surface area (Å²) < 4.78 is 5.29. The minimum absolute atomic E-state index is 0.0643. The number of rotatable bonds is 7. The maximum Gasteiger partial charge on any atom is 0.329 e. The van der Waals surface area contributed by atoms with Gasteiger partial charge in [0.2, 0.25) is 11.8 Å². The van der Waals surface area contributed by atoms with Crippen molar-refractivity contribution in [3.63, 3.8) is 0 Å². The Morgan fingerprint density at radius 3 is 2.31 bits per heavy atom. The number of hydrogen-bond acceptors (Lipinski definition) is 6. The summed E-state index contributed by atoms with van der Waals surface area (Å²) in [5.74, 6) is -1.45. The van der Waals surface area contributed by atoms with E-state index in [1.54, 1.807) is 11.8 Å². The normalized spacial score (nSPS) is 20.6. The van der Waals surface area contributed by atoms with Gasteiger partial charge < -0.3 is 20.1 Å². The van der Waals surface area contributed by atoms with E-state index in [1.807, 2.05) is 0 Å². The average Bonchev–Trinajstić information content (AvgIpc) is 2.64. The topological polar surface area (TPSA) is 108 Å². The molecule has 2 heterocycles. The highest BCUT2D eigenvalue weighted by Gasteiger charge is 2.33. The molecule has 1 atom stereocenters. The van der Waals surface area contributed by atoms with Crippen molar-refractivity contribution in [2.45, 2.75) is 57.8 Å².